The summed E-state index contributed by atoms with van der Waals surface area (Å²) in [6.07, 6.45) is 5.12. The second kappa shape index (κ2) is 11.7. The van der Waals surface area contributed by atoms with Gasteiger partial charge in [0.15, 0.2) is 11.6 Å². The van der Waals surface area contributed by atoms with Crippen LogP contribution in [0.1, 0.15) is 82.6 Å². The zero-order valence-electron chi connectivity index (χ0n) is 18.9. The zero-order valence-corrected chi connectivity index (χ0v) is 18.9. The van der Waals surface area contributed by atoms with Crippen LogP contribution in [0.25, 0.3) is 11.1 Å². The van der Waals surface area contributed by atoms with Crippen molar-refractivity contribution in [1.82, 2.24) is 0 Å². The monoisotopic (exact) mass is 450 g/mol. The van der Waals surface area contributed by atoms with Gasteiger partial charge in [-0.05, 0) is 72.8 Å². The minimum Gasteiger partial charge on any atom is -0.491 e. The number of benzene rings is 2. The zero-order chi connectivity index (χ0) is 23.0. The summed E-state index contributed by atoms with van der Waals surface area (Å²) in [5.74, 6) is 0.924. The van der Waals surface area contributed by atoms with E-state index in [2.05, 4.69) is 19.1 Å². The third-order valence-electron chi connectivity index (χ3n) is 6.57. The van der Waals surface area contributed by atoms with Gasteiger partial charge in [0, 0.05) is 6.42 Å². The average molecular weight is 451 g/mol. The number of hydrogen-bond donors (Lipinski definition) is 0. The molecule has 1 fully saturated rings. The summed E-state index contributed by atoms with van der Waals surface area (Å²) in [4.78, 5) is 0. The van der Waals surface area contributed by atoms with Gasteiger partial charge in [-0.2, -0.15) is 13.2 Å². The molecule has 2 aromatic carbocycles. The molecule has 2 aromatic rings. The lowest BCUT2D eigenvalue weighted by atomic mass is 9.77. The molecule has 0 amide bonds. The van der Waals surface area contributed by atoms with Crippen LogP contribution in [0, 0.1) is 11.7 Å². The summed E-state index contributed by atoms with van der Waals surface area (Å²) in [6, 6.07) is 13.0. The third-order valence-corrected chi connectivity index (χ3v) is 6.57. The maximum atomic E-state index is 14.4. The number of alkyl halides is 3. The molecule has 1 aliphatic carbocycles. The van der Waals surface area contributed by atoms with Gasteiger partial charge in [0.2, 0.25) is 0 Å². The molecule has 0 N–H and O–H groups in total. The Balaban J connectivity index is 1.52. The fourth-order valence-corrected chi connectivity index (χ4v) is 4.67. The van der Waals surface area contributed by atoms with Crippen molar-refractivity contribution in [3.05, 3.63) is 53.8 Å². The van der Waals surface area contributed by atoms with E-state index in [0.717, 1.165) is 17.0 Å². The van der Waals surface area contributed by atoms with E-state index >= 15 is 0 Å². The Hall–Kier alpha value is -2.04. The third kappa shape index (κ3) is 7.53. The fourth-order valence-electron chi connectivity index (χ4n) is 4.67. The summed E-state index contributed by atoms with van der Waals surface area (Å²) in [5.41, 5.74) is 3.01. The van der Waals surface area contributed by atoms with Crippen LogP contribution in [0.3, 0.4) is 0 Å². The summed E-state index contributed by atoms with van der Waals surface area (Å²) in [6.45, 7) is 2.09. The van der Waals surface area contributed by atoms with Gasteiger partial charge in [-0.3, -0.25) is 0 Å². The van der Waals surface area contributed by atoms with Gasteiger partial charge in [-0.1, -0.05) is 62.9 Å². The molecule has 1 nitrogen and oxygen atoms in total. The SMILES string of the molecule is CCCCCC1CCC(c2ccc(-c3ccc(OCCCC(F)(F)F)c(F)c3)cc2)CC1. The number of unbranched alkanes of at least 4 members (excludes halogenated alkanes) is 2. The van der Waals surface area contributed by atoms with Gasteiger partial charge in [0.05, 0.1) is 6.61 Å². The highest BCUT2D eigenvalue weighted by Crippen LogP contribution is 2.38. The van der Waals surface area contributed by atoms with Gasteiger partial charge in [-0.15, -0.1) is 0 Å². The molecule has 32 heavy (non-hydrogen) atoms. The highest BCUT2D eigenvalue weighted by molar-refractivity contribution is 5.64. The Kier molecular flexibility index (Phi) is 9.01. The van der Waals surface area contributed by atoms with E-state index in [1.807, 2.05) is 12.1 Å². The highest BCUT2D eigenvalue weighted by atomic mass is 19.4. The predicted molar refractivity (Wildman–Crippen MR) is 121 cm³/mol. The topological polar surface area (TPSA) is 9.23 Å². The molecule has 0 aromatic heterocycles. The molecule has 1 aliphatic rings. The molecule has 0 heterocycles. The Labute approximate surface area is 189 Å². The van der Waals surface area contributed by atoms with Gasteiger partial charge in [0.1, 0.15) is 0 Å². The average Bonchev–Trinajstić information content (AvgIpc) is 2.78. The highest BCUT2D eigenvalue weighted by Gasteiger charge is 2.26. The summed E-state index contributed by atoms with van der Waals surface area (Å²) < 4.78 is 56.1. The lowest BCUT2D eigenvalue weighted by Crippen LogP contribution is -2.13. The lowest BCUT2D eigenvalue weighted by molar-refractivity contribution is -0.136. The van der Waals surface area contributed by atoms with Gasteiger partial charge < -0.3 is 4.74 Å². The predicted octanol–water partition coefficient (Wildman–Crippen LogP) is 9.07. The van der Waals surface area contributed by atoms with Crippen molar-refractivity contribution in [2.75, 3.05) is 6.61 Å². The summed E-state index contributed by atoms with van der Waals surface area (Å²) >= 11 is 0. The molecule has 0 saturated heterocycles. The van der Waals surface area contributed by atoms with Gasteiger partial charge >= 0.3 is 6.18 Å². The fraction of sp³-hybridized carbons (Fsp3) is 0.556. The Morgan fingerprint density at radius 3 is 2.19 bits per heavy atom. The van der Waals surface area contributed by atoms with Crippen LogP contribution in [0.2, 0.25) is 0 Å². The number of halogens is 4. The summed E-state index contributed by atoms with van der Waals surface area (Å²) in [5, 5.41) is 0. The van der Waals surface area contributed by atoms with Crippen LogP contribution >= 0.6 is 0 Å². The van der Waals surface area contributed by atoms with E-state index < -0.39 is 18.4 Å². The van der Waals surface area contributed by atoms with E-state index in [4.69, 9.17) is 4.74 Å². The molecular weight excluding hydrogens is 416 g/mol. The van der Waals surface area contributed by atoms with E-state index in [0.29, 0.717) is 5.92 Å². The van der Waals surface area contributed by atoms with Crippen LogP contribution in [0.4, 0.5) is 17.6 Å². The van der Waals surface area contributed by atoms with Crippen LogP contribution in [-0.4, -0.2) is 12.8 Å². The van der Waals surface area contributed by atoms with Gasteiger partial charge in [0.25, 0.3) is 0 Å². The van der Waals surface area contributed by atoms with Crippen molar-refractivity contribution < 1.29 is 22.3 Å². The number of hydrogen-bond acceptors (Lipinski definition) is 1. The molecular formula is C27H34F4O. The maximum Gasteiger partial charge on any atom is 0.389 e. The quantitative estimate of drug-likeness (QED) is 0.259. The van der Waals surface area contributed by atoms with E-state index in [-0.39, 0.29) is 18.8 Å². The molecule has 3 rings (SSSR count). The minimum absolute atomic E-state index is 0.0109. The lowest BCUT2D eigenvalue weighted by Gasteiger charge is -2.29. The molecule has 0 bridgehead atoms. The molecule has 0 radical (unpaired) electrons. The number of rotatable bonds is 10. The van der Waals surface area contributed by atoms with Crippen molar-refractivity contribution in [1.29, 1.82) is 0 Å². The standard InChI is InChI=1S/C27H34F4O/c1-2-3-4-6-20-7-9-21(10-8-20)22-11-13-23(14-12-22)24-15-16-26(25(28)19-24)32-18-5-17-27(29,30)31/h11-16,19-21H,2-10,17-18H2,1H3. The van der Waals surface area contributed by atoms with Crippen LogP contribution in [-0.2, 0) is 0 Å². The van der Waals surface area contributed by atoms with Crippen molar-refractivity contribution in [2.24, 2.45) is 5.92 Å². The normalized spacial score (nSPS) is 19.2. The summed E-state index contributed by atoms with van der Waals surface area (Å²) in [7, 11) is 0. The Morgan fingerprint density at radius 2 is 1.56 bits per heavy atom. The first kappa shape index (κ1) is 24.6. The minimum atomic E-state index is -4.22. The van der Waals surface area contributed by atoms with Crippen molar-refractivity contribution in [2.45, 2.75) is 83.2 Å². The van der Waals surface area contributed by atoms with E-state index in [1.54, 1.807) is 6.07 Å². The van der Waals surface area contributed by atoms with Crippen molar-refractivity contribution in [3.8, 4) is 16.9 Å². The molecule has 176 valence electrons. The van der Waals surface area contributed by atoms with Crippen LogP contribution in [0.15, 0.2) is 42.5 Å². The Bertz CT molecular complexity index is 821. The molecule has 5 heteroatoms. The molecule has 0 unspecified atom stereocenters. The van der Waals surface area contributed by atoms with Crippen molar-refractivity contribution >= 4 is 0 Å². The molecule has 0 spiro atoms. The van der Waals surface area contributed by atoms with E-state index in [1.165, 1.54) is 69.1 Å². The first-order chi connectivity index (χ1) is 15.4. The Morgan fingerprint density at radius 1 is 0.875 bits per heavy atom. The first-order valence-corrected chi connectivity index (χ1v) is 11.9. The molecule has 1 saturated carbocycles. The van der Waals surface area contributed by atoms with Crippen LogP contribution in [0.5, 0.6) is 5.75 Å². The van der Waals surface area contributed by atoms with Crippen molar-refractivity contribution in [3.63, 3.8) is 0 Å². The van der Waals surface area contributed by atoms with Crippen LogP contribution < -0.4 is 4.74 Å². The molecule has 0 atom stereocenters. The second-order valence-electron chi connectivity index (χ2n) is 9.05. The maximum absolute atomic E-state index is 14.4. The second-order valence-corrected chi connectivity index (χ2v) is 9.05. The smallest absolute Gasteiger partial charge is 0.389 e. The van der Waals surface area contributed by atoms with Gasteiger partial charge in [-0.25, -0.2) is 4.39 Å². The first-order valence-electron chi connectivity index (χ1n) is 11.9. The number of ether oxygens (including phenoxy) is 1. The largest absolute Gasteiger partial charge is 0.491 e. The molecule has 0 aliphatic heterocycles. The van der Waals surface area contributed by atoms with E-state index in [9.17, 15) is 17.6 Å².